The molecule has 1 aromatic carbocycles. The van der Waals surface area contributed by atoms with Crippen molar-refractivity contribution < 1.29 is 0 Å². The lowest BCUT2D eigenvalue weighted by atomic mass is 9.97. The molecule has 2 aromatic heterocycles. The molecule has 0 unspecified atom stereocenters. The monoisotopic (exact) mass is 345 g/mol. The second-order valence-corrected chi connectivity index (χ2v) is 6.89. The molecule has 3 heterocycles. The minimum atomic E-state index is 0.942. The Labute approximate surface area is 154 Å². The van der Waals surface area contributed by atoms with Crippen molar-refractivity contribution in [3.05, 3.63) is 66.4 Å². The first-order valence-corrected chi connectivity index (χ1v) is 8.91. The summed E-state index contributed by atoms with van der Waals surface area (Å²) in [5, 5.41) is 1.02. The summed E-state index contributed by atoms with van der Waals surface area (Å²) < 4.78 is 0. The van der Waals surface area contributed by atoms with Gasteiger partial charge in [0.25, 0.3) is 0 Å². The van der Waals surface area contributed by atoms with E-state index in [1.807, 2.05) is 25.4 Å². The molecule has 26 heavy (non-hydrogen) atoms. The molecule has 3 aromatic rings. The maximum Gasteiger partial charge on any atom is 0.116 e. The summed E-state index contributed by atoms with van der Waals surface area (Å²) in [6, 6.07) is 8.41. The number of hydrogen-bond donors (Lipinski definition) is 0. The lowest BCUT2D eigenvalue weighted by molar-refractivity contribution is 0.313. The van der Waals surface area contributed by atoms with Gasteiger partial charge in [-0.3, -0.25) is 4.98 Å². The number of pyridine rings is 1. The van der Waals surface area contributed by atoms with Crippen LogP contribution in [0.4, 0.5) is 5.69 Å². The van der Waals surface area contributed by atoms with E-state index in [0.717, 1.165) is 59.5 Å². The molecule has 5 heteroatoms. The molecule has 1 saturated heterocycles. The van der Waals surface area contributed by atoms with Crippen LogP contribution in [0.2, 0.25) is 0 Å². The lowest BCUT2D eigenvalue weighted by Crippen LogP contribution is -2.44. The third-order valence-electron chi connectivity index (χ3n) is 5.12. The molecule has 0 bridgehead atoms. The van der Waals surface area contributed by atoms with Crippen LogP contribution in [0.1, 0.15) is 16.8 Å². The number of benzene rings is 1. The van der Waals surface area contributed by atoms with Crippen LogP contribution in [0.3, 0.4) is 0 Å². The maximum absolute atomic E-state index is 4.64. The molecule has 0 radical (unpaired) electrons. The molecule has 0 spiro atoms. The number of anilines is 1. The van der Waals surface area contributed by atoms with E-state index in [-0.39, 0.29) is 0 Å². The number of fused-ring (bicyclic) bond motifs is 1. The Balaban J connectivity index is 1.67. The van der Waals surface area contributed by atoms with Crippen molar-refractivity contribution >= 4 is 22.2 Å². The van der Waals surface area contributed by atoms with Crippen LogP contribution in [0.25, 0.3) is 16.5 Å². The summed E-state index contributed by atoms with van der Waals surface area (Å²) in [4.78, 5) is 17.8. The highest BCUT2D eigenvalue weighted by Gasteiger charge is 2.16. The molecule has 1 aliphatic rings. The number of aromatic nitrogens is 3. The Morgan fingerprint density at radius 3 is 2.65 bits per heavy atom. The number of hydrogen-bond acceptors (Lipinski definition) is 5. The molecule has 132 valence electrons. The number of piperazine rings is 1. The van der Waals surface area contributed by atoms with E-state index in [1.165, 1.54) is 5.69 Å². The van der Waals surface area contributed by atoms with Gasteiger partial charge >= 0.3 is 0 Å². The molecule has 0 amide bonds. The Morgan fingerprint density at radius 2 is 1.85 bits per heavy atom. The van der Waals surface area contributed by atoms with Crippen LogP contribution >= 0.6 is 0 Å². The Morgan fingerprint density at radius 1 is 1.04 bits per heavy atom. The van der Waals surface area contributed by atoms with Gasteiger partial charge in [-0.2, -0.15) is 0 Å². The van der Waals surface area contributed by atoms with Crippen LogP contribution in [-0.2, 0) is 0 Å². The molecule has 0 aliphatic carbocycles. The zero-order valence-electron chi connectivity index (χ0n) is 15.3. The summed E-state index contributed by atoms with van der Waals surface area (Å²) in [6.45, 7) is 10.6. The fourth-order valence-corrected chi connectivity index (χ4v) is 3.39. The van der Waals surface area contributed by atoms with E-state index in [1.54, 1.807) is 6.33 Å². The van der Waals surface area contributed by atoms with Crippen LogP contribution in [0.15, 0.2) is 49.6 Å². The molecule has 1 fully saturated rings. The second kappa shape index (κ2) is 6.84. The predicted octanol–water partition coefficient (Wildman–Crippen LogP) is 3.15. The fraction of sp³-hybridized carbons (Fsp3) is 0.286. The number of aryl methyl sites for hydroxylation is 1. The van der Waals surface area contributed by atoms with Crippen LogP contribution in [0.5, 0.6) is 0 Å². The van der Waals surface area contributed by atoms with E-state index in [9.17, 15) is 0 Å². The maximum atomic E-state index is 4.64. The number of nitrogens with zero attached hydrogens (tertiary/aromatic N) is 5. The molecular formula is C21H23N5. The van der Waals surface area contributed by atoms with Gasteiger partial charge in [0.2, 0.25) is 0 Å². The minimum absolute atomic E-state index is 0.942. The standard InChI is InChI=1S/C21H23N5/c1-15(17-4-5-21-18(10-17)12-22-14-24-21)20-11-19(13-23-16(20)2)26-8-6-25(3)7-9-26/h4-5,10-14H,1,6-9H2,2-3H3. The van der Waals surface area contributed by atoms with E-state index in [2.05, 4.69) is 56.6 Å². The van der Waals surface area contributed by atoms with Gasteiger partial charge in [-0.15, -0.1) is 0 Å². The Kier molecular flexibility index (Phi) is 4.39. The Bertz CT molecular complexity index is 958. The van der Waals surface area contributed by atoms with Gasteiger partial charge < -0.3 is 9.80 Å². The lowest BCUT2D eigenvalue weighted by Gasteiger charge is -2.34. The summed E-state index contributed by atoms with van der Waals surface area (Å²) in [5.74, 6) is 0. The first-order chi connectivity index (χ1) is 12.6. The SMILES string of the molecule is C=C(c1ccc2ncncc2c1)c1cc(N2CCN(C)CC2)cnc1C. The zero-order chi connectivity index (χ0) is 18.1. The third-order valence-corrected chi connectivity index (χ3v) is 5.12. The topological polar surface area (TPSA) is 45.2 Å². The molecule has 0 N–H and O–H groups in total. The number of likely N-dealkylation sites (N-methyl/N-ethyl adjacent to an activating group) is 1. The first kappa shape index (κ1) is 16.7. The summed E-state index contributed by atoms with van der Waals surface area (Å²) >= 11 is 0. The average molecular weight is 345 g/mol. The van der Waals surface area contributed by atoms with Gasteiger partial charge in [0.1, 0.15) is 6.33 Å². The van der Waals surface area contributed by atoms with Gasteiger partial charge in [0.15, 0.2) is 0 Å². The fourth-order valence-electron chi connectivity index (χ4n) is 3.39. The second-order valence-electron chi connectivity index (χ2n) is 6.89. The molecule has 4 rings (SSSR count). The predicted molar refractivity (Wildman–Crippen MR) is 106 cm³/mol. The van der Waals surface area contributed by atoms with E-state index >= 15 is 0 Å². The molecule has 1 aliphatic heterocycles. The van der Waals surface area contributed by atoms with Crippen LogP contribution in [0, 0.1) is 6.92 Å². The van der Waals surface area contributed by atoms with Gasteiger partial charge in [-0.25, -0.2) is 9.97 Å². The smallest absolute Gasteiger partial charge is 0.116 e. The summed E-state index contributed by atoms with van der Waals surface area (Å²) in [5.41, 5.74) is 6.26. The highest BCUT2D eigenvalue weighted by molar-refractivity contribution is 5.87. The molecule has 0 atom stereocenters. The van der Waals surface area contributed by atoms with E-state index in [0.29, 0.717) is 0 Å². The van der Waals surface area contributed by atoms with Crippen molar-refractivity contribution in [3.63, 3.8) is 0 Å². The van der Waals surface area contributed by atoms with Crippen LogP contribution < -0.4 is 4.90 Å². The van der Waals surface area contributed by atoms with E-state index < -0.39 is 0 Å². The van der Waals surface area contributed by atoms with E-state index in [4.69, 9.17) is 0 Å². The quantitative estimate of drug-likeness (QED) is 0.730. The van der Waals surface area contributed by atoms with Crippen molar-refractivity contribution in [2.45, 2.75) is 6.92 Å². The van der Waals surface area contributed by atoms with Gasteiger partial charge in [0, 0.05) is 49.0 Å². The highest BCUT2D eigenvalue weighted by Crippen LogP contribution is 2.29. The highest BCUT2D eigenvalue weighted by atomic mass is 15.2. The van der Waals surface area contributed by atoms with Gasteiger partial charge in [-0.1, -0.05) is 12.6 Å². The zero-order valence-corrected chi connectivity index (χ0v) is 15.3. The van der Waals surface area contributed by atoms with Crippen molar-refractivity contribution in [1.29, 1.82) is 0 Å². The van der Waals surface area contributed by atoms with Gasteiger partial charge in [-0.05, 0) is 43.3 Å². The molecule has 0 saturated carbocycles. The van der Waals surface area contributed by atoms with Crippen LogP contribution in [-0.4, -0.2) is 53.1 Å². The molecular weight excluding hydrogens is 322 g/mol. The third kappa shape index (κ3) is 3.18. The number of rotatable bonds is 3. The Hall–Kier alpha value is -2.79. The molecule has 5 nitrogen and oxygen atoms in total. The van der Waals surface area contributed by atoms with Gasteiger partial charge in [0.05, 0.1) is 17.4 Å². The summed E-state index contributed by atoms with van der Waals surface area (Å²) in [7, 11) is 2.17. The normalized spacial score (nSPS) is 15.4. The van der Waals surface area contributed by atoms with Crippen molar-refractivity contribution in [2.75, 3.05) is 38.1 Å². The summed E-state index contributed by atoms with van der Waals surface area (Å²) in [6.07, 6.45) is 5.39. The van der Waals surface area contributed by atoms with Crippen molar-refractivity contribution in [1.82, 2.24) is 19.9 Å². The van der Waals surface area contributed by atoms with Crippen molar-refractivity contribution in [2.24, 2.45) is 0 Å². The minimum Gasteiger partial charge on any atom is -0.368 e. The first-order valence-electron chi connectivity index (χ1n) is 8.91. The average Bonchev–Trinajstić information content (AvgIpc) is 2.68. The van der Waals surface area contributed by atoms with Crippen molar-refractivity contribution in [3.8, 4) is 0 Å². The largest absolute Gasteiger partial charge is 0.368 e.